The fraction of sp³-hybridized carbons (Fsp3) is 0.625. The highest BCUT2D eigenvalue weighted by molar-refractivity contribution is 7.80. The van der Waals surface area contributed by atoms with E-state index in [9.17, 15) is 14.4 Å². The smallest absolute Gasteiger partial charge is 0.327 e. The summed E-state index contributed by atoms with van der Waals surface area (Å²) >= 11 is 3.75. The number of hydrogen-bond donors (Lipinski definition) is 5. The van der Waals surface area contributed by atoms with Crippen LogP contribution in [0.3, 0.4) is 0 Å². The van der Waals surface area contributed by atoms with Crippen LogP contribution in [0.2, 0.25) is 0 Å². The third-order valence-electron chi connectivity index (χ3n) is 1.80. The Morgan fingerprint density at radius 2 is 1.88 bits per heavy atom. The predicted octanol–water partition coefficient (Wildman–Crippen LogP) is -1.32. The van der Waals surface area contributed by atoms with Gasteiger partial charge in [-0.25, -0.2) is 4.79 Å². The lowest BCUT2D eigenvalue weighted by Gasteiger charge is -2.15. The van der Waals surface area contributed by atoms with Crippen LogP contribution in [-0.4, -0.2) is 45.9 Å². The summed E-state index contributed by atoms with van der Waals surface area (Å²) in [5.41, 5.74) is 5.38. The number of carbonyl (C=O) groups is 3. The lowest BCUT2D eigenvalue weighted by molar-refractivity contribution is -0.141. The number of amides is 1. The number of carbonyl (C=O) groups excluding carboxylic acids is 1. The summed E-state index contributed by atoms with van der Waals surface area (Å²) in [6, 6.07) is -2.15. The normalized spacial score (nSPS) is 13.9. The standard InChI is InChI=1S/C8H14N2O5S/c9-4(1-2-6(11)12)7(13)10-5(3-16)8(14)15/h4-5,16H,1-3,9H2,(H,10,13)(H,11,12)(H,14,15). The van der Waals surface area contributed by atoms with Crippen LogP contribution in [0.1, 0.15) is 12.8 Å². The van der Waals surface area contributed by atoms with E-state index in [1.807, 2.05) is 0 Å². The minimum atomic E-state index is -1.21. The van der Waals surface area contributed by atoms with Crippen molar-refractivity contribution in [2.45, 2.75) is 24.9 Å². The molecule has 1 amide bonds. The van der Waals surface area contributed by atoms with E-state index in [4.69, 9.17) is 15.9 Å². The maximum absolute atomic E-state index is 11.3. The molecule has 16 heavy (non-hydrogen) atoms. The highest BCUT2D eigenvalue weighted by atomic mass is 32.1. The molecule has 8 heteroatoms. The summed E-state index contributed by atoms with van der Waals surface area (Å²) in [7, 11) is 0. The van der Waals surface area contributed by atoms with Crippen LogP contribution in [0, 0.1) is 0 Å². The average molecular weight is 250 g/mol. The molecule has 5 N–H and O–H groups in total. The third kappa shape index (κ3) is 5.56. The van der Waals surface area contributed by atoms with E-state index in [1.165, 1.54) is 0 Å². The van der Waals surface area contributed by atoms with Gasteiger partial charge in [-0.2, -0.15) is 12.6 Å². The fourth-order valence-electron chi connectivity index (χ4n) is 0.874. The lowest BCUT2D eigenvalue weighted by atomic mass is 10.1. The topological polar surface area (TPSA) is 130 Å². The number of aliphatic carboxylic acids is 2. The third-order valence-corrected chi connectivity index (χ3v) is 2.17. The Hall–Kier alpha value is -1.28. The van der Waals surface area contributed by atoms with Gasteiger partial charge in [0.1, 0.15) is 6.04 Å². The summed E-state index contributed by atoms with van der Waals surface area (Å²) in [6.07, 6.45) is -0.284. The molecule has 0 aliphatic rings. The number of carboxylic acids is 2. The van der Waals surface area contributed by atoms with Crippen LogP contribution in [0.25, 0.3) is 0 Å². The molecule has 92 valence electrons. The lowest BCUT2D eigenvalue weighted by Crippen LogP contribution is -2.49. The molecule has 0 heterocycles. The number of carboxylic acid groups (broad SMARTS) is 2. The molecule has 0 aliphatic heterocycles. The van der Waals surface area contributed by atoms with Crippen molar-refractivity contribution in [2.75, 3.05) is 5.75 Å². The molecule has 7 nitrogen and oxygen atoms in total. The minimum Gasteiger partial charge on any atom is -0.481 e. The Morgan fingerprint density at radius 1 is 1.31 bits per heavy atom. The van der Waals surface area contributed by atoms with Gasteiger partial charge < -0.3 is 21.3 Å². The monoisotopic (exact) mass is 250 g/mol. The van der Waals surface area contributed by atoms with E-state index in [-0.39, 0.29) is 18.6 Å². The van der Waals surface area contributed by atoms with Crippen molar-refractivity contribution in [2.24, 2.45) is 5.73 Å². The highest BCUT2D eigenvalue weighted by Crippen LogP contribution is 1.96. The zero-order chi connectivity index (χ0) is 12.7. The number of nitrogens with one attached hydrogen (secondary N) is 1. The van der Waals surface area contributed by atoms with Gasteiger partial charge in [-0.15, -0.1) is 0 Å². The van der Waals surface area contributed by atoms with Gasteiger partial charge in [0.15, 0.2) is 0 Å². The molecule has 0 rings (SSSR count). The molecule has 0 saturated heterocycles. The van der Waals surface area contributed by atoms with Gasteiger partial charge in [-0.3, -0.25) is 9.59 Å². The first-order valence-electron chi connectivity index (χ1n) is 4.50. The Kier molecular flexibility index (Phi) is 6.50. The van der Waals surface area contributed by atoms with Crippen molar-refractivity contribution >= 4 is 30.5 Å². The van der Waals surface area contributed by atoms with E-state index in [0.717, 1.165) is 0 Å². The molecule has 0 saturated carbocycles. The SMILES string of the molecule is NC(CCC(=O)O)C(=O)NC(CS)C(=O)O. The summed E-state index contributed by atoms with van der Waals surface area (Å²) in [6.45, 7) is 0. The molecular weight excluding hydrogens is 236 g/mol. The number of thiol groups is 1. The molecule has 0 spiro atoms. The van der Waals surface area contributed by atoms with E-state index < -0.39 is 29.9 Å². The second-order valence-electron chi connectivity index (χ2n) is 3.12. The molecule has 0 aromatic carbocycles. The Balaban J connectivity index is 4.13. The van der Waals surface area contributed by atoms with Crippen molar-refractivity contribution < 1.29 is 24.6 Å². The number of hydrogen-bond acceptors (Lipinski definition) is 5. The maximum Gasteiger partial charge on any atom is 0.327 e. The van der Waals surface area contributed by atoms with Crippen LogP contribution in [0.15, 0.2) is 0 Å². The van der Waals surface area contributed by atoms with E-state index in [0.29, 0.717) is 0 Å². The predicted molar refractivity (Wildman–Crippen MR) is 58.3 cm³/mol. The van der Waals surface area contributed by atoms with E-state index in [2.05, 4.69) is 17.9 Å². The molecule has 0 aromatic rings. The summed E-state index contributed by atoms with van der Waals surface area (Å²) < 4.78 is 0. The van der Waals surface area contributed by atoms with Crippen molar-refractivity contribution in [3.8, 4) is 0 Å². The van der Waals surface area contributed by atoms with Crippen molar-refractivity contribution in [3.05, 3.63) is 0 Å². The Morgan fingerprint density at radius 3 is 2.25 bits per heavy atom. The minimum absolute atomic E-state index is 0.0416. The van der Waals surface area contributed by atoms with Gasteiger partial charge in [0.2, 0.25) is 5.91 Å². The summed E-state index contributed by atoms with van der Waals surface area (Å²) in [5.74, 6) is -3.03. The van der Waals surface area contributed by atoms with Gasteiger partial charge >= 0.3 is 11.9 Å². The van der Waals surface area contributed by atoms with E-state index in [1.54, 1.807) is 0 Å². The van der Waals surface area contributed by atoms with Crippen LogP contribution in [-0.2, 0) is 14.4 Å². The summed E-state index contributed by atoms with van der Waals surface area (Å²) in [4.78, 5) is 32.1. The zero-order valence-corrected chi connectivity index (χ0v) is 9.31. The highest BCUT2D eigenvalue weighted by Gasteiger charge is 2.22. The largest absolute Gasteiger partial charge is 0.481 e. The van der Waals surface area contributed by atoms with Crippen molar-refractivity contribution in [1.29, 1.82) is 0 Å². The first-order chi connectivity index (χ1) is 7.38. The molecule has 0 fully saturated rings. The van der Waals surface area contributed by atoms with Gasteiger partial charge in [0.05, 0.1) is 6.04 Å². The Labute approximate surface area is 97.4 Å². The van der Waals surface area contributed by atoms with Gasteiger partial charge in [0.25, 0.3) is 0 Å². The average Bonchev–Trinajstić information content (AvgIpc) is 2.21. The number of rotatable bonds is 7. The second kappa shape index (κ2) is 7.07. The zero-order valence-electron chi connectivity index (χ0n) is 8.42. The Bertz CT molecular complexity index is 284. The molecule has 0 bridgehead atoms. The fourth-order valence-corrected chi connectivity index (χ4v) is 1.12. The van der Waals surface area contributed by atoms with Gasteiger partial charge in [-0.1, -0.05) is 0 Å². The number of nitrogens with two attached hydrogens (primary N) is 1. The summed E-state index contributed by atoms with van der Waals surface area (Å²) in [5, 5.41) is 19.1. The van der Waals surface area contributed by atoms with Crippen molar-refractivity contribution in [3.63, 3.8) is 0 Å². The van der Waals surface area contributed by atoms with Crippen LogP contribution < -0.4 is 11.1 Å². The van der Waals surface area contributed by atoms with Crippen LogP contribution in [0.4, 0.5) is 0 Å². The molecule has 2 unspecified atom stereocenters. The maximum atomic E-state index is 11.3. The first-order valence-corrected chi connectivity index (χ1v) is 5.13. The molecular formula is C8H14N2O5S. The first kappa shape index (κ1) is 14.7. The van der Waals surface area contributed by atoms with Gasteiger partial charge in [-0.05, 0) is 6.42 Å². The quantitative estimate of drug-likeness (QED) is 0.356. The van der Waals surface area contributed by atoms with Gasteiger partial charge in [0, 0.05) is 12.2 Å². The van der Waals surface area contributed by atoms with Crippen LogP contribution in [0.5, 0.6) is 0 Å². The second-order valence-corrected chi connectivity index (χ2v) is 3.49. The van der Waals surface area contributed by atoms with Crippen LogP contribution >= 0.6 is 12.6 Å². The molecule has 0 aliphatic carbocycles. The molecule has 0 radical (unpaired) electrons. The van der Waals surface area contributed by atoms with E-state index >= 15 is 0 Å². The molecule has 0 aromatic heterocycles. The molecule has 2 atom stereocenters. The van der Waals surface area contributed by atoms with Crippen molar-refractivity contribution in [1.82, 2.24) is 5.32 Å².